The molecule has 3 aliphatic carbocycles. The standard InChI is InChI=1S/C34H40N2O5/c1-21-6-5-7-23(18-21)10-13-29(38)35(3)26-14-15-34(41-22(2)37)28-19-25-11-12-27(39-4)31-30(25)33(34,32(26)40-31)16-17-36(28)20-24-8-9-24/h5-7,10-13,18,24,26,28,32H,8-9,14-17,19-20H2,1-4H3/t26-,28-,32+,33+,34-/m1/s1. The van der Waals surface area contributed by atoms with Gasteiger partial charge in [-0.3, -0.25) is 14.5 Å². The summed E-state index contributed by atoms with van der Waals surface area (Å²) in [4.78, 5) is 31.0. The molecule has 0 N–H and O–H groups in total. The third-order valence-corrected chi connectivity index (χ3v) is 10.5. The van der Waals surface area contributed by atoms with E-state index in [0.29, 0.717) is 18.6 Å². The summed E-state index contributed by atoms with van der Waals surface area (Å²) in [6, 6.07) is 12.2. The predicted octanol–water partition coefficient (Wildman–Crippen LogP) is 4.68. The van der Waals surface area contributed by atoms with Gasteiger partial charge in [0.15, 0.2) is 11.5 Å². The molecule has 2 aromatic rings. The predicted molar refractivity (Wildman–Crippen MR) is 156 cm³/mol. The van der Waals surface area contributed by atoms with Crippen molar-refractivity contribution in [3.8, 4) is 11.5 Å². The van der Waals surface area contributed by atoms with Crippen molar-refractivity contribution >= 4 is 18.0 Å². The van der Waals surface area contributed by atoms with Crippen LogP contribution in [-0.2, 0) is 26.2 Å². The number of esters is 1. The van der Waals surface area contributed by atoms with Gasteiger partial charge in [0.2, 0.25) is 5.91 Å². The molecule has 2 aromatic carbocycles. The highest BCUT2D eigenvalue weighted by atomic mass is 16.6. The Hall–Kier alpha value is -3.32. The van der Waals surface area contributed by atoms with Gasteiger partial charge in [-0.25, -0.2) is 0 Å². The first kappa shape index (κ1) is 26.6. The molecule has 2 heterocycles. The highest BCUT2D eigenvalue weighted by Gasteiger charge is 2.75. The molecule has 0 aromatic heterocycles. The molecule has 3 fully saturated rings. The SMILES string of the molecule is COc1ccc2c3c1O[C@H]1[C@H](N(C)C(=O)C=Cc4cccc(C)c4)CC[C@@]4(OC(C)=O)[C@@H](C2)N(CC2CC2)CC[C@]314. The lowest BCUT2D eigenvalue weighted by Gasteiger charge is -2.65. The molecular weight excluding hydrogens is 516 g/mol. The van der Waals surface area contributed by atoms with Crippen LogP contribution in [0.5, 0.6) is 11.5 Å². The van der Waals surface area contributed by atoms with E-state index in [0.717, 1.165) is 54.3 Å². The minimum Gasteiger partial charge on any atom is -0.493 e. The Morgan fingerprint density at radius 2 is 2.00 bits per heavy atom. The molecule has 1 amide bonds. The van der Waals surface area contributed by atoms with E-state index in [1.54, 1.807) is 13.2 Å². The number of amides is 1. The summed E-state index contributed by atoms with van der Waals surface area (Å²) in [5.41, 5.74) is 3.30. The smallest absolute Gasteiger partial charge is 0.303 e. The van der Waals surface area contributed by atoms with Gasteiger partial charge in [0, 0.05) is 32.2 Å². The van der Waals surface area contributed by atoms with Gasteiger partial charge in [-0.1, -0.05) is 35.9 Å². The highest BCUT2D eigenvalue weighted by Crippen LogP contribution is 2.67. The first-order valence-corrected chi connectivity index (χ1v) is 15.1. The number of carbonyl (C=O) groups excluding carboxylic acids is 2. The second-order valence-corrected chi connectivity index (χ2v) is 12.8. The van der Waals surface area contributed by atoms with E-state index in [-0.39, 0.29) is 30.1 Å². The summed E-state index contributed by atoms with van der Waals surface area (Å²) >= 11 is 0. The van der Waals surface area contributed by atoms with Crippen LogP contribution in [0, 0.1) is 12.8 Å². The molecule has 0 radical (unpaired) electrons. The molecule has 7 rings (SSSR count). The van der Waals surface area contributed by atoms with E-state index in [1.165, 1.54) is 25.3 Å². The fourth-order valence-electron chi connectivity index (χ4n) is 8.66. The molecule has 5 aliphatic rings. The van der Waals surface area contributed by atoms with Crippen LogP contribution in [-0.4, -0.2) is 72.7 Å². The maximum atomic E-state index is 13.6. The van der Waals surface area contributed by atoms with Gasteiger partial charge in [-0.05, 0) is 81.2 Å². The molecule has 1 saturated heterocycles. The number of likely N-dealkylation sites (tertiary alicyclic amines) is 1. The number of hydrogen-bond acceptors (Lipinski definition) is 6. The zero-order valence-corrected chi connectivity index (χ0v) is 24.5. The number of rotatable bonds is 7. The average Bonchev–Trinajstić information content (AvgIpc) is 3.70. The number of likely N-dealkylation sites (N-methyl/N-ethyl adjacent to an activating group) is 1. The first-order chi connectivity index (χ1) is 19.8. The Bertz CT molecular complexity index is 1430. The molecule has 0 unspecified atom stereocenters. The topological polar surface area (TPSA) is 68.3 Å². The highest BCUT2D eigenvalue weighted by molar-refractivity contribution is 5.92. The average molecular weight is 557 g/mol. The van der Waals surface area contributed by atoms with Crippen LogP contribution in [0.1, 0.15) is 61.3 Å². The minimum absolute atomic E-state index is 0.0573. The molecule has 2 saturated carbocycles. The summed E-state index contributed by atoms with van der Waals surface area (Å²) in [6.07, 6.45) is 8.80. The van der Waals surface area contributed by atoms with E-state index in [9.17, 15) is 9.59 Å². The maximum Gasteiger partial charge on any atom is 0.303 e. The normalized spacial score (nSPS) is 31.4. The molecule has 2 aliphatic heterocycles. The summed E-state index contributed by atoms with van der Waals surface area (Å²) in [7, 11) is 3.56. The van der Waals surface area contributed by atoms with Crippen LogP contribution in [0.25, 0.3) is 6.08 Å². The largest absolute Gasteiger partial charge is 0.493 e. The van der Waals surface area contributed by atoms with Crippen molar-refractivity contribution in [3.63, 3.8) is 0 Å². The van der Waals surface area contributed by atoms with Crippen molar-refractivity contribution in [2.24, 2.45) is 5.92 Å². The fourth-order valence-corrected chi connectivity index (χ4v) is 8.66. The molecule has 2 bridgehead atoms. The fraction of sp³-hybridized carbons (Fsp3) is 0.529. The van der Waals surface area contributed by atoms with E-state index >= 15 is 0 Å². The number of aryl methyl sites for hydroxylation is 1. The van der Waals surface area contributed by atoms with E-state index < -0.39 is 11.0 Å². The summed E-state index contributed by atoms with van der Waals surface area (Å²) < 4.78 is 19.4. The molecule has 1 spiro atoms. The lowest BCUT2D eigenvalue weighted by molar-refractivity contribution is -0.223. The number of hydrogen-bond donors (Lipinski definition) is 0. The van der Waals surface area contributed by atoms with Crippen molar-refractivity contribution in [1.29, 1.82) is 0 Å². The van der Waals surface area contributed by atoms with E-state index in [2.05, 4.69) is 17.0 Å². The van der Waals surface area contributed by atoms with Gasteiger partial charge in [0.1, 0.15) is 11.7 Å². The van der Waals surface area contributed by atoms with Gasteiger partial charge >= 0.3 is 5.97 Å². The Balaban J connectivity index is 1.31. The Labute approximate surface area is 242 Å². The van der Waals surface area contributed by atoms with Crippen molar-refractivity contribution in [1.82, 2.24) is 9.80 Å². The maximum absolute atomic E-state index is 13.6. The van der Waals surface area contributed by atoms with Crippen LogP contribution in [0.15, 0.2) is 42.5 Å². The van der Waals surface area contributed by atoms with Crippen LogP contribution >= 0.6 is 0 Å². The Morgan fingerprint density at radius 1 is 1.17 bits per heavy atom. The summed E-state index contributed by atoms with van der Waals surface area (Å²) in [6.45, 7) is 5.57. The molecule has 41 heavy (non-hydrogen) atoms. The van der Waals surface area contributed by atoms with Crippen molar-refractivity contribution < 1.29 is 23.8 Å². The van der Waals surface area contributed by atoms with Crippen LogP contribution in [0.4, 0.5) is 0 Å². The molecule has 5 atom stereocenters. The third-order valence-electron chi connectivity index (χ3n) is 10.5. The molecule has 7 heteroatoms. The number of piperidine rings is 1. The second-order valence-electron chi connectivity index (χ2n) is 12.8. The van der Waals surface area contributed by atoms with Crippen LogP contribution in [0.3, 0.4) is 0 Å². The van der Waals surface area contributed by atoms with Gasteiger partial charge in [-0.15, -0.1) is 0 Å². The molecular formula is C34H40N2O5. The number of carbonyl (C=O) groups is 2. The third kappa shape index (κ3) is 3.95. The Morgan fingerprint density at radius 3 is 2.73 bits per heavy atom. The van der Waals surface area contributed by atoms with E-state index in [4.69, 9.17) is 14.2 Å². The van der Waals surface area contributed by atoms with Crippen LogP contribution < -0.4 is 9.47 Å². The first-order valence-electron chi connectivity index (χ1n) is 15.1. The lowest BCUT2D eigenvalue weighted by atomic mass is 9.48. The second kappa shape index (κ2) is 9.62. The quantitative estimate of drug-likeness (QED) is 0.365. The minimum atomic E-state index is -0.709. The van der Waals surface area contributed by atoms with Gasteiger partial charge < -0.3 is 19.1 Å². The van der Waals surface area contributed by atoms with Crippen LogP contribution in [0.2, 0.25) is 0 Å². The van der Waals surface area contributed by atoms with Gasteiger partial charge in [0.05, 0.1) is 24.6 Å². The molecule has 7 nitrogen and oxygen atoms in total. The lowest BCUT2D eigenvalue weighted by Crippen LogP contribution is -2.79. The van der Waals surface area contributed by atoms with Gasteiger partial charge in [0.25, 0.3) is 0 Å². The Kier molecular flexibility index (Phi) is 6.23. The van der Waals surface area contributed by atoms with Crippen molar-refractivity contribution in [3.05, 3.63) is 64.7 Å². The summed E-state index contributed by atoms with van der Waals surface area (Å²) in [5.74, 6) is 1.91. The zero-order chi connectivity index (χ0) is 28.5. The monoisotopic (exact) mass is 556 g/mol. The van der Waals surface area contributed by atoms with E-state index in [1.807, 2.05) is 49.2 Å². The molecule has 216 valence electrons. The number of ether oxygens (including phenoxy) is 3. The summed E-state index contributed by atoms with van der Waals surface area (Å²) in [5, 5.41) is 0. The number of methoxy groups -OCH3 is 1. The number of benzene rings is 2. The number of nitrogens with zero attached hydrogens (tertiary/aromatic N) is 2. The van der Waals surface area contributed by atoms with Gasteiger partial charge in [-0.2, -0.15) is 0 Å². The zero-order valence-electron chi connectivity index (χ0n) is 24.5. The van der Waals surface area contributed by atoms with Crippen molar-refractivity contribution in [2.45, 2.75) is 81.6 Å². The van der Waals surface area contributed by atoms with Crippen molar-refractivity contribution in [2.75, 3.05) is 27.2 Å².